The summed E-state index contributed by atoms with van der Waals surface area (Å²) in [4.78, 5) is 11.8. The van der Waals surface area contributed by atoms with E-state index < -0.39 is 21.6 Å². The average molecular weight is 463 g/mol. The van der Waals surface area contributed by atoms with Gasteiger partial charge >= 0.3 is 0 Å². The second-order valence-corrected chi connectivity index (χ2v) is 9.63. The number of hydrogen-bond acceptors (Lipinski definition) is 5. The first kappa shape index (κ1) is 22.7. The molecule has 1 heterocycles. The third kappa shape index (κ3) is 5.21. The molecule has 162 valence electrons. The van der Waals surface area contributed by atoms with E-state index in [4.69, 9.17) is 11.6 Å². The molecule has 1 aromatic heterocycles. The quantitative estimate of drug-likeness (QED) is 0.341. The minimum atomic E-state index is -3.39. The van der Waals surface area contributed by atoms with Crippen LogP contribution in [0.4, 0.5) is 4.39 Å². The van der Waals surface area contributed by atoms with E-state index in [0.29, 0.717) is 16.7 Å². The number of halogens is 2. The van der Waals surface area contributed by atoms with E-state index in [1.165, 1.54) is 41.1 Å². The highest BCUT2D eigenvalue weighted by molar-refractivity contribution is 7.90. The number of benzene rings is 2. The first-order chi connectivity index (χ1) is 14.6. The second-order valence-electron chi connectivity index (χ2n) is 7.18. The second kappa shape index (κ2) is 9.03. The summed E-state index contributed by atoms with van der Waals surface area (Å²) in [5, 5.41) is 13.3. The van der Waals surface area contributed by atoms with Gasteiger partial charge < -0.3 is 9.77 Å². The fraction of sp³-hybridized carbons (Fsp3) is 0.182. The lowest BCUT2D eigenvalue weighted by atomic mass is 9.85. The fourth-order valence-electron chi connectivity index (χ4n) is 3.31. The molecule has 1 atom stereocenters. The van der Waals surface area contributed by atoms with Crippen LogP contribution in [0.1, 0.15) is 29.0 Å². The van der Waals surface area contributed by atoms with Crippen LogP contribution in [0.5, 0.6) is 0 Å². The van der Waals surface area contributed by atoms with Crippen LogP contribution in [0, 0.1) is 5.82 Å². The molecule has 0 aliphatic carbocycles. The number of aromatic nitrogens is 1. The Bertz CT molecular complexity index is 1300. The van der Waals surface area contributed by atoms with Gasteiger partial charge in [0, 0.05) is 48.5 Å². The Morgan fingerprint density at radius 1 is 1.16 bits per heavy atom. The van der Waals surface area contributed by atoms with Crippen molar-refractivity contribution in [1.29, 1.82) is 0 Å². The number of nitrogens with zero attached hydrogens (tertiary/aromatic N) is 2. The molecule has 31 heavy (non-hydrogen) atoms. The molecule has 2 aromatic carbocycles. The average Bonchev–Trinajstić information content (AvgIpc) is 2.71. The Hall–Kier alpha value is -2.97. The number of rotatable bonds is 6. The Morgan fingerprint density at radius 2 is 1.84 bits per heavy atom. The highest BCUT2D eigenvalue weighted by Gasteiger charge is 2.23. The van der Waals surface area contributed by atoms with Gasteiger partial charge in [-0.2, -0.15) is 0 Å². The topological polar surface area (TPSA) is 88.7 Å². The van der Waals surface area contributed by atoms with Crippen LogP contribution < -0.4 is 5.56 Å². The number of aryl methyl sites for hydroxylation is 1. The van der Waals surface area contributed by atoms with E-state index in [9.17, 15) is 22.8 Å². The summed E-state index contributed by atoms with van der Waals surface area (Å²) in [6.07, 6.45) is 2.72. The summed E-state index contributed by atoms with van der Waals surface area (Å²) in [5.41, 5.74) is 1.44. The van der Waals surface area contributed by atoms with E-state index in [0.717, 1.165) is 6.26 Å². The third-order valence-corrected chi connectivity index (χ3v) is 6.35. The third-order valence-electron chi connectivity index (χ3n) is 4.99. The largest absolute Gasteiger partial charge is 0.411 e. The molecule has 9 heteroatoms. The number of oxime groups is 1. The molecule has 0 amide bonds. The van der Waals surface area contributed by atoms with Crippen molar-refractivity contribution < 1.29 is 18.0 Å². The number of hydrogen-bond donors (Lipinski definition) is 1. The highest BCUT2D eigenvalue weighted by atomic mass is 35.5. The van der Waals surface area contributed by atoms with Crippen LogP contribution >= 0.6 is 11.6 Å². The predicted octanol–water partition coefficient (Wildman–Crippen LogP) is 3.98. The van der Waals surface area contributed by atoms with Crippen LogP contribution in [-0.4, -0.2) is 30.2 Å². The van der Waals surface area contributed by atoms with Crippen molar-refractivity contribution >= 4 is 27.1 Å². The van der Waals surface area contributed by atoms with Gasteiger partial charge in [-0.05, 0) is 41.5 Å². The molecule has 6 nitrogen and oxygen atoms in total. The number of sulfone groups is 1. The number of pyridine rings is 1. The van der Waals surface area contributed by atoms with Gasteiger partial charge in [0.05, 0.1) is 10.6 Å². The maximum absolute atomic E-state index is 14.8. The summed E-state index contributed by atoms with van der Waals surface area (Å²) in [5.74, 6) is -1.14. The molecule has 0 aliphatic rings. The van der Waals surface area contributed by atoms with Crippen LogP contribution in [-0.2, 0) is 16.9 Å². The lowest BCUT2D eigenvalue weighted by molar-refractivity contribution is 0.317. The standard InChI is InChI=1S/C22H20ClFN2O4S/c1-26-13-15(5-10-22(26)27)21(25-28)12-19(18-9-6-16(23)11-20(18)24)14-3-7-17(8-4-14)31(2,29)30/h3-11,13,19,28H,12H2,1-2H3/b25-21+. The van der Waals surface area contributed by atoms with E-state index in [1.54, 1.807) is 31.3 Å². The molecule has 0 spiro atoms. The molecule has 0 saturated heterocycles. The minimum Gasteiger partial charge on any atom is -0.411 e. The van der Waals surface area contributed by atoms with Crippen LogP contribution in [0.15, 0.2) is 75.6 Å². The first-order valence-corrected chi connectivity index (χ1v) is 11.5. The molecule has 0 fully saturated rings. The highest BCUT2D eigenvalue weighted by Crippen LogP contribution is 2.33. The summed E-state index contributed by atoms with van der Waals surface area (Å²) >= 11 is 5.90. The van der Waals surface area contributed by atoms with Gasteiger partial charge in [0.25, 0.3) is 0 Å². The zero-order valence-electron chi connectivity index (χ0n) is 16.8. The zero-order valence-corrected chi connectivity index (χ0v) is 18.4. The molecule has 1 N–H and O–H groups in total. The van der Waals surface area contributed by atoms with Crippen LogP contribution in [0.3, 0.4) is 0 Å². The lowest BCUT2D eigenvalue weighted by Gasteiger charge is -2.20. The first-order valence-electron chi connectivity index (χ1n) is 9.23. The molecule has 0 bridgehead atoms. The van der Waals surface area contributed by atoms with Crippen molar-refractivity contribution in [3.05, 3.63) is 98.7 Å². The summed E-state index contributed by atoms with van der Waals surface area (Å²) in [6, 6.07) is 13.3. The van der Waals surface area contributed by atoms with Gasteiger partial charge in [-0.15, -0.1) is 0 Å². The van der Waals surface area contributed by atoms with Crippen molar-refractivity contribution in [2.75, 3.05) is 6.26 Å². The van der Waals surface area contributed by atoms with Crippen LogP contribution in [0.2, 0.25) is 5.02 Å². The Labute approximate surface area is 184 Å². The van der Waals surface area contributed by atoms with E-state index in [-0.39, 0.29) is 27.6 Å². The smallest absolute Gasteiger partial charge is 0.250 e. The molecule has 0 radical (unpaired) electrons. The van der Waals surface area contributed by atoms with Crippen molar-refractivity contribution in [3.63, 3.8) is 0 Å². The van der Waals surface area contributed by atoms with Gasteiger partial charge in [0.2, 0.25) is 5.56 Å². The predicted molar refractivity (Wildman–Crippen MR) is 117 cm³/mol. The molecular weight excluding hydrogens is 443 g/mol. The minimum absolute atomic E-state index is 0.0888. The van der Waals surface area contributed by atoms with E-state index in [1.807, 2.05) is 0 Å². The van der Waals surface area contributed by atoms with Gasteiger partial charge in [0.15, 0.2) is 9.84 Å². The molecular formula is C22H20ClFN2O4S. The molecule has 0 saturated carbocycles. The Balaban J connectivity index is 2.09. The van der Waals surface area contributed by atoms with Crippen molar-refractivity contribution in [2.24, 2.45) is 12.2 Å². The summed E-state index contributed by atoms with van der Waals surface area (Å²) in [6.45, 7) is 0. The van der Waals surface area contributed by atoms with Gasteiger partial charge in [-0.1, -0.05) is 35.0 Å². The lowest BCUT2D eigenvalue weighted by Crippen LogP contribution is -2.18. The normalized spacial score (nSPS) is 13.2. The van der Waals surface area contributed by atoms with Crippen molar-refractivity contribution in [3.8, 4) is 0 Å². The summed E-state index contributed by atoms with van der Waals surface area (Å²) < 4.78 is 39.7. The van der Waals surface area contributed by atoms with E-state index >= 15 is 0 Å². The molecule has 3 rings (SSSR count). The molecule has 3 aromatic rings. The van der Waals surface area contributed by atoms with Gasteiger partial charge in [-0.25, -0.2) is 12.8 Å². The molecule has 1 unspecified atom stereocenters. The molecule has 0 aliphatic heterocycles. The van der Waals surface area contributed by atoms with Crippen molar-refractivity contribution in [1.82, 2.24) is 4.57 Å². The van der Waals surface area contributed by atoms with Gasteiger partial charge in [0.1, 0.15) is 5.82 Å². The Kier molecular flexibility index (Phi) is 6.62. The SMILES string of the molecule is Cn1cc(/C(CC(c2ccc(S(C)(=O)=O)cc2)c2ccc(Cl)cc2F)=N/O)ccc1=O. The monoisotopic (exact) mass is 462 g/mol. The van der Waals surface area contributed by atoms with Crippen LogP contribution in [0.25, 0.3) is 0 Å². The maximum atomic E-state index is 14.8. The summed E-state index contributed by atoms with van der Waals surface area (Å²) in [7, 11) is -1.82. The zero-order chi connectivity index (χ0) is 22.8. The Morgan fingerprint density at radius 3 is 2.39 bits per heavy atom. The van der Waals surface area contributed by atoms with Crippen molar-refractivity contribution in [2.45, 2.75) is 17.2 Å². The van der Waals surface area contributed by atoms with E-state index in [2.05, 4.69) is 5.16 Å². The maximum Gasteiger partial charge on any atom is 0.250 e. The fourth-order valence-corrected chi connectivity index (χ4v) is 4.10. The van der Waals surface area contributed by atoms with Gasteiger partial charge in [-0.3, -0.25) is 4.79 Å².